The van der Waals surface area contributed by atoms with E-state index in [0.29, 0.717) is 23.5 Å². The lowest BCUT2D eigenvalue weighted by molar-refractivity contribution is 0.0988. The fourth-order valence-corrected chi connectivity index (χ4v) is 3.34. The monoisotopic (exact) mass is 409 g/mol. The van der Waals surface area contributed by atoms with Crippen LogP contribution in [0.2, 0.25) is 0 Å². The molecule has 0 aliphatic heterocycles. The lowest BCUT2D eigenvalue weighted by Crippen LogP contribution is -2.32. The van der Waals surface area contributed by atoms with Gasteiger partial charge < -0.3 is 20.3 Å². The Kier molecular flexibility index (Phi) is 5.51. The van der Waals surface area contributed by atoms with Crippen LogP contribution in [0.1, 0.15) is 54.8 Å². The van der Waals surface area contributed by atoms with Crippen LogP contribution in [-0.4, -0.2) is 38.5 Å². The molecule has 3 N–H and O–H groups in total. The van der Waals surface area contributed by atoms with Crippen molar-refractivity contribution in [1.82, 2.24) is 20.3 Å². The first-order valence-corrected chi connectivity index (χ1v) is 10.0. The Hall–Kier alpha value is -3.62. The van der Waals surface area contributed by atoms with E-state index in [1.54, 1.807) is 12.1 Å². The number of carbonyl (C=O) groups excluding carboxylic acids is 2. The van der Waals surface area contributed by atoms with Gasteiger partial charge in [-0.2, -0.15) is 9.78 Å². The van der Waals surface area contributed by atoms with Gasteiger partial charge in [-0.15, -0.1) is 0 Å². The quantitative estimate of drug-likeness (QED) is 0.533. The summed E-state index contributed by atoms with van der Waals surface area (Å²) in [6, 6.07) is 7.68. The molecule has 156 valence electrons. The number of phenols is 1. The third-order valence-electron chi connectivity index (χ3n) is 5.17. The summed E-state index contributed by atoms with van der Waals surface area (Å²) < 4.78 is 6.25. The average molecular weight is 409 g/mol. The van der Waals surface area contributed by atoms with E-state index >= 15 is 0 Å². The lowest BCUT2D eigenvalue weighted by atomic mass is 9.82. The number of aromatic hydroxyl groups is 1. The Bertz CT molecular complexity index is 1050. The maximum Gasteiger partial charge on any atom is 0.342 e. The minimum Gasteiger partial charge on any atom is -0.507 e. The first-order chi connectivity index (χ1) is 14.6. The van der Waals surface area contributed by atoms with E-state index < -0.39 is 5.91 Å². The van der Waals surface area contributed by atoms with Crippen molar-refractivity contribution >= 4 is 17.6 Å². The van der Waals surface area contributed by atoms with Crippen molar-refractivity contribution in [1.29, 1.82) is 0 Å². The van der Waals surface area contributed by atoms with Crippen molar-refractivity contribution in [3.8, 4) is 17.0 Å². The first kappa shape index (κ1) is 19.7. The highest BCUT2D eigenvalue weighted by atomic mass is 16.5. The molecule has 0 radical (unpaired) electrons. The maximum atomic E-state index is 12.6. The molecule has 9 heteroatoms. The summed E-state index contributed by atoms with van der Waals surface area (Å²) in [7, 11) is 0. The first-order valence-electron chi connectivity index (χ1n) is 10.0. The SMILES string of the molecule is CCCNC(=O)n1nc(-c2cc(NC(=O)c3ccno3)ccc2O)cc1C1CCC1. The third kappa shape index (κ3) is 3.91. The second-order valence-electron chi connectivity index (χ2n) is 7.29. The highest BCUT2D eigenvalue weighted by Gasteiger charge is 2.27. The summed E-state index contributed by atoms with van der Waals surface area (Å²) >= 11 is 0. The average Bonchev–Trinajstić information content (AvgIpc) is 3.37. The maximum absolute atomic E-state index is 12.6. The number of carbonyl (C=O) groups is 2. The molecule has 0 spiro atoms. The number of hydrogen-bond donors (Lipinski definition) is 3. The molecule has 30 heavy (non-hydrogen) atoms. The zero-order valence-electron chi connectivity index (χ0n) is 16.6. The molecule has 9 nitrogen and oxygen atoms in total. The molecule has 0 atom stereocenters. The van der Waals surface area contributed by atoms with Crippen LogP contribution in [0.3, 0.4) is 0 Å². The Morgan fingerprint density at radius 2 is 2.10 bits per heavy atom. The van der Waals surface area contributed by atoms with Gasteiger partial charge in [0.15, 0.2) is 0 Å². The van der Waals surface area contributed by atoms with Crippen molar-refractivity contribution in [3.63, 3.8) is 0 Å². The van der Waals surface area contributed by atoms with Gasteiger partial charge in [0.1, 0.15) is 5.75 Å². The topological polar surface area (TPSA) is 122 Å². The Labute approximate surface area is 173 Å². The van der Waals surface area contributed by atoms with Crippen molar-refractivity contribution in [2.45, 2.75) is 38.5 Å². The summed E-state index contributed by atoms with van der Waals surface area (Å²) in [6.45, 7) is 2.55. The largest absolute Gasteiger partial charge is 0.507 e. The fourth-order valence-electron chi connectivity index (χ4n) is 3.34. The summed E-state index contributed by atoms with van der Waals surface area (Å²) in [4.78, 5) is 24.8. The van der Waals surface area contributed by atoms with Crippen LogP contribution in [0.5, 0.6) is 5.75 Å². The Balaban J connectivity index is 1.65. The van der Waals surface area contributed by atoms with E-state index in [0.717, 1.165) is 31.4 Å². The number of nitrogens with one attached hydrogen (secondary N) is 2. The lowest BCUT2D eigenvalue weighted by Gasteiger charge is -2.25. The molecule has 2 aromatic heterocycles. The van der Waals surface area contributed by atoms with Gasteiger partial charge in [-0.05, 0) is 43.5 Å². The molecule has 1 fully saturated rings. The molecule has 1 saturated carbocycles. The minimum atomic E-state index is -0.455. The van der Waals surface area contributed by atoms with Crippen LogP contribution in [0.15, 0.2) is 41.1 Å². The van der Waals surface area contributed by atoms with Crippen molar-refractivity contribution in [2.75, 3.05) is 11.9 Å². The molecule has 2 heterocycles. The van der Waals surface area contributed by atoms with Crippen LogP contribution in [0.25, 0.3) is 11.3 Å². The normalized spacial score (nSPS) is 13.6. The standard InChI is InChI=1S/C21H23N5O4/c1-2-9-22-21(29)26-17(13-4-3-5-13)12-16(25-26)15-11-14(6-7-18(15)27)24-20(28)19-8-10-23-30-19/h6-8,10-13,27H,2-5,9H2,1H3,(H,22,29)(H,24,28). The molecule has 0 saturated heterocycles. The summed E-state index contributed by atoms with van der Waals surface area (Å²) in [5.41, 5.74) is 2.18. The molecular weight excluding hydrogens is 386 g/mol. The molecular formula is C21H23N5O4. The number of hydrogen-bond acceptors (Lipinski definition) is 6. The number of phenolic OH excluding ortho intramolecular Hbond substituents is 1. The van der Waals surface area contributed by atoms with Crippen LogP contribution in [0.4, 0.5) is 10.5 Å². The Morgan fingerprint density at radius 1 is 1.27 bits per heavy atom. The number of anilines is 1. The van der Waals surface area contributed by atoms with E-state index in [4.69, 9.17) is 4.52 Å². The van der Waals surface area contributed by atoms with Crippen LogP contribution < -0.4 is 10.6 Å². The summed E-state index contributed by atoms with van der Waals surface area (Å²) in [5, 5.41) is 23.9. The highest BCUT2D eigenvalue weighted by Crippen LogP contribution is 2.39. The molecule has 1 aliphatic rings. The second-order valence-corrected chi connectivity index (χ2v) is 7.29. The van der Waals surface area contributed by atoms with Crippen LogP contribution >= 0.6 is 0 Å². The predicted molar refractivity (Wildman–Crippen MR) is 109 cm³/mol. The van der Waals surface area contributed by atoms with Crippen molar-refractivity contribution in [3.05, 3.63) is 48.0 Å². The van der Waals surface area contributed by atoms with Gasteiger partial charge in [0, 0.05) is 29.8 Å². The smallest absolute Gasteiger partial charge is 0.342 e. The van der Waals surface area contributed by atoms with Crippen LogP contribution in [0, 0.1) is 0 Å². The number of benzene rings is 1. The van der Waals surface area contributed by atoms with E-state index in [1.165, 1.54) is 23.0 Å². The summed E-state index contributed by atoms with van der Waals surface area (Å²) in [6.07, 6.45) is 5.34. The highest BCUT2D eigenvalue weighted by molar-refractivity contribution is 6.02. The molecule has 2 amide bonds. The predicted octanol–water partition coefficient (Wildman–Crippen LogP) is 3.73. The van der Waals surface area contributed by atoms with Gasteiger partial charge in [-0.1, -0.05) is 18.5 Å². The number of amides is 2. The number of aromatic nitrogens is 3. The van der Waals surface area contributed by atoms with E-state index in [1.807, 2.05) is 13.0 Å². The number of rotatable bonds is 6. The summed E-state index contributed by atoms with van der Waals surface area (Å²) in [5.74, 6) is -0.0981. The number of nitrogens with zero attached hydrogens (tertiary/aromatic N) is 3. The van der Waals surface area contributed by atoms with E-state index in [-0.39, 0.29) is 23.5 Å². The molecule has 1 aliphatic carbocycles. The Morgan fingerprint density at radius 3 is 2.77 bits per heavy atom. The van der Waals surface area contributed by atoms with Gasteiger partial charge >= 0.3 is 6.03 Å². The zero-order chi connectivity index (χ0) is 21.1. The molecule has 4 rings (SSSR count). The van der Waals surface area contributed by atoms with Gasteiger partial charge in [-0.25, -0.2) is 4.79 Å². The van der Waals surface area contributed by atoms with Crippen LogP contribution in [-0.2, 0) is 0 Å². The molecule has 0 unspecified atom stereocenters. The minimum absolute atomic E-state index is 0.00596. The zero-order valence-corrected chi connectivity index (χ0v) is 16.6. The van der Waals surface area contributed by atoms with Gasteiger partial charge in [-0.3, -0.25) is 4.79 Å². The molecule has 0 bridgehead atoms. The van der Waals surface area contributed by atoms with E-state index in [2.05, 4.69) is 20.9 Å². The van der Waals surface area contributed by atoms with Crippen molar-refractivity contribution < 1.29 is 19.2 Å². The molecule has 3 aromatic rings. The third-order valence-corrected chi connectivity index (χ3v) is 5.17. The molecule has 1 aromatic carbocycles. The van der Waals surface area contributed by atoms with Gasteiger partial charge in [0.25, 0.3) is 5.91 Å². The van der Waals surface area contributed by atoms with Gasteiger partial charge in [0.05, 0.1) is 17.6 Å². The van der Waals surface area contributed by atoms with E-state index in [9.17, 15) is 14.7 Å². The second kappa shape index (κ2) is 8.40. The fraction of sp³-hybridized carbons (Fsp3) is 0.333. The van der Waals surface area contributed by atoms with Gasteiger partial charge in [0.2, 0.25) is 5.76 Å². The van der Waals surface area contributed by atoms with Crippen molar-refractivity contribution in [2.24, 2.45) is 0 Å².